The molecule has 5 nitrogen and oxygen atoms in total. The van der Waals surface area contributed by atoms with E-state index in [-0.39, 0.29) is 24.5 Å². The molecule has 24 heavy (non-hydrogen) atoms. The van der Waals surface area contributed by atoms with Crippen molar-refractivity contribution in [2.24, 2.45) is 5.73 Å². The molecule has 0 aliphatic rings. The smallest absolute Gasteiger partial charge is 0.223 e. The number of para-hydroxylation sites is 1. The molecule has 0 saturated carbocycles. The molecule has 0 bridgehead atoms. The molecule has 0 saturated heterocycles. The molecule has 0 radical (unpaired) electrons. The van der Waals surface area contributed by atoms with Crippen LogP contribution in [0.1, 0.15) is 18.0 Å². The summed E-state index contributed by atoms with van der Waals surface area (Å²) in [6, 6.07) is 19.0. The highest BCUT2D eigenvalue weighted by atomic mass is 16.5. The van der Waals surface area contributed by atoms with Crippen molar-refractivity contribution in [1.82, 2.24) is 5.32 Å². The van der Waals surface area contributed by atoms with Crippen molar-refractivity contribution in [3.05, 3.63) is 66.2 Å². The molecule has 128 valence electrons. The van der Waals surface area contributed by atoms with Crippen LogP contribution in [0.15, 0.2) is 60.7 Å². The minimum Gasteiger partial charge on any atom is -0.491 e. The summed E-state index contributed by atoms with van der Waals surface area (Å²) in [4.78, 5) is 12.3. The van der Waals surface area contributed by atoms with E-state index in [1.54, 1.807) is 7.11 Å². The molecular weight excluding hydrogens is 304 g/mol. The van der Waals surface area contributed by atoms with E-state index in [1.807, 2.05) is 60.7 Å². The normalized spacial score (nSPS) is 13.1. The molecule has 5 heteroatoms. The van der Waals surface area contributed by atoms with Crippen molar-refractivity contribution in [3.8, 4) is 5.75 Å². The van der Waals surface area contributed by atoms with Crippen molar-refractivity contribution in [1.29, 1.82) is 0 Å². The third-order valence-corrected chi connectivity index (χ3v) is 3.71. The zero-order valence-corrected chi connectivity index (χ0v) is 13.9. The summed E-state index contributed by atoms with van der Waals surface area (Å²) in [6.45, 7) is 0.653. The van der Waals surface area contributed by atoms with Crippen LogP contribution in [0.5, 0.6) is 5.75 Å². The molecule has 0 spiro atoms. The number of hydrogen-bond acceptors (Lipinski definition) is 4. The molecule has 2 rings (SSSR count). The van der Waals surface area contributed by atoms with E-state index < -0.39 is 0 Å². The van der Waals surface area contributed by atoms with Gasteiger partial charge in [-0.2, -0.15) is 0 Å². The van der Waals surface area contributed by atoms with Crippen LogP contribution in [0, 0.1) is 0 Å². The maximum absolute atomic E-state index is 12.3. The number of nitrogens with one attached hydrogen (secondary N) is 1. The summed E-state index contributed by atoms with van der Waals surface area (Å²) in [5.41, 5.74) is 6.57. The maximum atomic E-state index is 12.3. The highest BCUT2D eigenvalue weighted by Gasteiger charge is 2.18. The number of nitrogens with two attached hydrogens (primary N) is 1. The van der Waals surface area contributed by atoms with Crippen LogP contribution in [0.2, 0.25) is 0 Å². The number of benzene rings is 2. The summed E-state index contributed by atoms with van der Waals surface area (Å²) >= 11 is 0. The Labute approximate surface area is 142 Å². The van der Waals surface area contributed by atoms with Gasteiger partial charge in [0.1, 0.15) is 12.4 Å². The van der Waals surface area contributed by atoms with Crippen molar-refractivity contribution >= 4 is 5.91 Å². The third kappa shape index (κ3) is 5.68. The SMILES string of the molecule is COC(CN)CC(=O)NC(COc1ccccc1)c1ccccc1. The summed E-state index contributed by atoms with van der Waals surface area (Å²) < 4.78 is 11.0. The largest absolute Gasteiger partial charge is 0.491 e. The molecule has 2 aromatic carbocycles. The van der Waals surface area contributed by atoms with Gasteiger partial charge in [0.2, 0.25) is 5.91 Å². The molecule has 0 aliphatic carbocycles. The molecule has 3 N–H and O–H groups in total. The number of ether oxygens (including phenoxy) is 2. The quantitative estimate of drug-likeness (QED) is 0.741. The highest BCUT2D eigenvalue weighted by Crippen LogP contribution is 2.16. The van der Waals surface area contributed by atoms with Gasteiger partial charge in [-0.25, -0.2) is 0 Å². The van der Waals surface area contributed by atoms with Crippen LogP contribution in [0.4, 0.5) is 0 Å². The molecule has 0 aliphatic heterocycles. The first-order valence-electron chi connectivity index (χ1n) is 7.98. The summed E-state index contributed by atoms with van der Waals surface area (Å²) in [7, 11) is 1.55. The molecule has 0 fully saturated rings. The third-order valence-electron chi connectivity index (χ3n) is 3.71. The van der Waals surface area contributed by atoms with Gasteiger partial charge in [0.25, 0.3) is 0 Å². The summed E-state index contributed by atoms with van der Waals surface area (Å²) in [5, 5.41) is 3.00. The molecule has 2 unspecified atom stereocenters. The van der Waals surface area contributed by atoms with Crippen LogP contribution in [-0.4, -0.2) is 32.3 Å². The fourth-order valence-corrected chi connectivity index (χ4v) is 2.33. The molecule has 0 aromatic heterocycles. The Hall–Kier alpha value is -2.37. The topological polar surface area (TPSA) is 73.6 Å². The zero-order chi connectivity index (χ0) is 17.2. The van der Waals surface area contributed by atoms with Gasteiger partial charge in [-0.15, -0.1) is 0 Å². The lowest BCUT2D eigenvalue weighted by atomic mass is 10.1. The lowest BCUT2D eigenvalue weighted by molar-refractivity contribution is -0.124. The first kappa shape index (κ1) is 18.0. The second-order valence-corrected chi connectivity index (χ2v) is 5.45. The van der Waals surface area contributed by atoms with Crippen LogP contribution in [0.25, 0.3) is 0 Å². The van der Waals surface area contributed by atoms with Gasteiger partial charge in [0, 0.05) is 13.7 Å². The van der Waals surface area contributed by atoms with E-state index in [9.17, 15) is 4.79 Å². The van der Waals surface area contributed by atoms with Gasteiger partial charge in [0.05, 0.1) is 18.6 Å². The Balaban J connectivity index is 2.02. The molecule has 0 heterocycles. The fourth-order valence-electron chi connectivity index (χ4n) is 2.33. The van der Waals surface area contributed by atoms with E-state index >= 15 is 0 Å². The Bertz CT molecular complexity index is 601. The average Bonchev–Trinajstić information content (AvgIpc) is 2.64. The van der Waals surface area contributed by atoms with Crippen LogP contribution in [0.3, 0.4) is 0 Å². The fraction of sp³-hybridized carbons (Fsp3) is 0.316. The molecule has 2 atom stereocenters. The van der Waals surface area contributed by atoms with Gasteiger partial charge in [-0.3, -0.25) is 4.79 Å². The molecule has 1 amide bonds. The van der Waals surface area contributed by atoms with E-state index in [0.717, 1.165) is 11.3 Å². The van der Waals surface area contributed by atoms with Gasteiger partial charge in [-0.1, -0.05) is 48.5 Å². The number of rotatable bonds is 9. The maximum Gasteiger partial charge on any atom is 0.223 e. The van der Waals surface area contributed by atoms with Crippen LogP contribution >= 0.6 is 0 Å². The van der Waals surface area contributed by atoms with Crippen molar-refractivity contribution in [2.75, 3.05) is 20.3 Å². The first-order chi connectivity index (χ1) is 11.7. The predicted molar refractivity (Wildman–Crippen MR) is 93.7 cm³/mol. The standard InChI is InChI=1S/C19H24N2O3/c1-23-17(13-20)12-19(22)21-18(15-8-4-2-5-9-15)14-24-16-10-6-3-7-11-16/h2-11,17-18H,12-14,20H2,1H3,(H,21,22). The predicted octanol–water partition coefficient (Wildman–Crippen LogP) is 2.29. The number of hydrogen-bond donors (Lipinski definition) is 2. The van der Waals surface area contributed by atoms with Gasteiger partial charge >= 0.3 is 0 Å². The van der Waals surface area contributed by atoms with E-state index in [4.69, 9.17) is 15.2 Å². The monoisotopic (exact) mass is 328 g/mol. The minimum atomic E-state index is -0.281. The Morgan fingerprint density at radius 1 is 1.08 bits per heavy atom. The van der Waals surface area contributed by atoms with Crippen LogP contribution in [-0.2, 0) is 9.53 Å². The minimum absolute atomic E-state index is 0.113. The van der Waals surface area contributed by atoms with Gasteiger partial charge in [0.15, 0.2) is 0 Å². The van der Waals surface area contributed by atoms with Crippen LogP contribution < -0.4 is 15.8 Å². The van der Waals surface area contributed by atoms with E-state index in [0.29, 0.717) is 13.2 Å². The van der Waals surface area contributed by atoms with Gasteiger partial charge in [-0.05, 0) is 17.7 Å². The number of carbonyl (C=O) groups excluding carboxylic acids is 1. The molecule has 2 aromatic rings. The van der Waals surface area contributed by atoms with E-state index in [2.05, 4.69) is 5.32 Å². The molecular formula is C19H24N2O3. The van der Waals surface area contributed by atoms with E-state index in [1.165, 1.54) is 0 Å². The zero-order valence-electron chi connectivity index (χ0n) is 13.9. The highest BCUT2D eigenvalue weighted by molar-refractivity contribution is 5.77. The lowest BCUT2D eigenvalue weighted by Crippen LogP contribution is -2.36. The second-order valence-electron chi connectivity index (χ2n) is 5.45. The van der Waals surface area contributed by atoms with Crippen molar-refractivity contribution < 1.29 is 14.3 Å². The Morgan fingerprint density at radius 3 is 2.29 bits per heavy atom. The summed E-state index contributed by atoms with van der Waals surface area (Å²) in [6.07, 6.45) is -0.0572. The summed E-state index contributed by atoms with van der Waals surface area (Å²) in [5.74, 6) is 0.655. The number of methoxy groups -OCH3 is 1. The first-order valence-corrected chi connectivity index (χ1v) is 7.98. The number of carbonyl (C=O) groups is 1. The van der Waals surface area contributed by atoms with Gasteiger partial charge < -0.3 is 20.5 Å². The van der Waals surface area contributed by atoms with Crippen molar-refractivity contribution in [2.45, 2.75) is 18.6 Å². The lowest BCUT2D eigenvalue weighted by Gasteiger charge is -2.21. The second kappa shape index (κ2) is 9.70. The Morgan fingerprint density at radius 2 is 1.71 bits per heavy atom. The Kier molecular flexibility index (Phi) is 7.26. The van der Waals surface area contributed by atoms with Crippen molar-refractivity contribution in [3.63, 3.8) is 0 Å². The number of amides is 1. The average molecular weight is 328 g/mol.